The van der Waals surface area contributed by atoms with Crippen molar-refractivity contribution in [2.75, 3.05) is 0 Å². The SMILES string of the molecule is [SiH3]C1CCC2CC=CC=C12. The van der Waals surface area contributed by atoms with Gasteiger partial charge >= 0.3 is 0 Å². The molecule has 2 aliphatic rings. The first-order valence-corrected chi connectivity index (χ1v) is 5.40. The van der Waals surface area contributed by atoms with Crippen LogP contribution in [0.15, 0.2) is 23.8 Å². The van der Waals surface area contributed by atoms with Gasteiger partial charge in [0, 0.05) is 10.2 Å². The molecule has 0 aromatic rings. The number of hydrogen-bond acceptors (Lipinski definition) is 0. The standard InChI is InChI=1S/C9H14Si/c10-9-6-5-7-3-1-2-4-8(7)9/h1-2,4,7,9H,3,5-6H2,10H3. The van der Waals surface area contributed by atoms with Crippen molar-refractivity contribution in [1.82, 2.24) is 0 Å². The third kappa shape index (κ3) is 0.890. The van der Waals surface area contributed by atoms with Crippen LogP contribution >= 0.6 is 0 Å². The highest BCUT2D eigenvalue weighted by Gasteiger charge is 2.26. The van der Waals surface area contributed by atoms with Crippen LogP contribution in [0.25, 0.3) is 0 Å². The van der Waals surface area contributed by atoms with Crippen molar-refractivity contribution in [3.63, 3.8) is 0 Å². The predicted molar refractivity (Wildman–Crippen MR) is 48.3 cm³/mol. The van der Waals surface area contributed by atoms with E-state index >= 15 is 0 Å². The van der Waals surface area contributed by atoms with Crippen molar-refractivity contribution in [2.45, 2.75) is 24.8 Å². The molecule has 2 atom stereocenters. The molecular weight excluding hydrogens is 136 g/mol. The van der Waals surface area contributed by atoms with Gasteiger partial charge in [-0.2, -0.15) is 0 Å². The minimum absolute atomic E-state index is 0.951. The average Bonchev–Trinajstić information content (AvgIpc) is 2.34. The number of hydrogen-bond donors (Lipinski definition) is 0. The molecule has 0 amide bonds. The van der Waals surface area contributed by atoms with Crippen molar-refractivity contribution in [1.29, 1.82) is 0 Å². The molecule has 0 bridgehead atoms. The van der Waals surface area contributed by atoms with Gasteiger partial charge in [0.15, 0.2) is 0 Å². The van der Waals surface area contributed by atoms with Crippen LogP contribution in [0, 0.1) is 5.92 Å². The Bertz CT molecular complexity index is 191. The van der Waals surface area contributed by atoms with Gasteiger partial charge in [0.05, 0.1) is 0 Å². The molecule has 0 saturated heterocycles. The summed E-state index contributed by atoms with van der Waals surface area (Å²) >= 11 is 0. The largest absolute Gasteiger partial charge is 0.0839 e. The van der Waals surface area contributed by atoms with E-state index in [-0.39, 0.29) is 0 Å². The maximum absolute atomic E-state index is 2.36. The van der Waals surface area contributed by atoms with Crippen LogP contribution in [0.3, 0.4) is 0 Å². The van der Waals surface area contributed by atoms with E-state index in [2.05, 4.69) is 18.2 Å². The van der Waals surface area contributed by atoms with Crippen molar-refractivity contribution >= 4 is 10.2 Å². The summed E-state index contributed by atoms with van der Waals surface area (Å²) in [6.07, 6.45) is 11.2. The van der Waals surface area contributed by atoms with Crippen molar-refractivity contribution in [2.24, 2.45) is 5.92 Å². The van der Waals surface area contributed by atoms with Gasteiger partial charge in [-0.1, -0.05) is 23.8 Å². The van der Waals surface area contributed by atoms with Crippen LogP contribution in [-0.4, -0.2) is 10.2 Å². The Kier molecular flexibility index (Phi) is 1.53. The van der Waals surface area contributed by atoms with Gasteiger partial charge in [-0.05, 0) is 30.7 Å². The van der Waals surface area contributed by atoms with Crippen molar-refractivity contribution in [3.8, 4) is 0 Å². The minimum atomic E-state index is 0.951. The summed E-state index contributed by atoms with van der Waals surface area (Å²) in [5.74, 6) is 0.951. The van der Waals surface area contributed by atoms with E-state index in [0.29, 0.717) is 0 Å². The highest BCUT2D eigenvalue weighted by Crippen LogP contribution is 2.42. The van der Waals surface area contributed by atoms with Crippen LogP contribution < -0.4 is 0 Å². The fraction of sp³-hybridized carbons (Fsp3) is 0.556. The molecule has 10 heavy (non-hydrogen) atoms. The lowest BCUT2D eigenvalue weighted by molar-refractivity contribution is 0.633. The van der Waals surface area contributed by atoms with Gasteiger partial charge in [0.25, 0.3) is 0 Å². The zero-order chi connectivity index (χ0) is 6.97. The molecule has 2 rings (SSSR count). The zero-order valence-corrected chi connectivity index (χ0v) is 8.51. The molecule has 0 radical (unpaired) electrons. The topological polar surface area (TPSA) is 0 Å². The Balaban J connectivity index is 2.25. The molecule has 54 valence electrons. The van der Waals surface area contributed by atoms with Crippen LogP contribution in [0.2, 0.25) is 5.54 Å². The molecule has 2 unspecified atom stereocenters. The Morgan fingerprint density at radius 2 is 2.30 bits per heavy atom. The lowest BCUT2D eigenvalue weighted by Crippen LogP contribution is -2.00. The van der Waals surface area contributed by atoms with Crippen molar-refractivity contribution in [3.05, 3.63) is 23.8 Å². The summed E-state index contributed by atoms with van der Waals surface area (Å²) in [7, 11) is 1.37. The molecule has 1 heteroatoms. The van der Waals surface area contributed by atoms with E-state index in [1.165, 1.54) is 29.5 Å². The van der Waals surface area contributed by atoms with Gasteiger partial charge in [0.2, 0.25) is 0 Å². The van der Waals surface area contributed by atoms with Crippen LogP contribution in [0.5, 0.6) is 0 Å². The third-order valence-corrected chi connectivity index (χ3v) is 4.08. The maximum Gasteiger partial charge on any atom is 0.0119 e. The highest BCUT2D eigenvalue weighted by atomic mass is 28.1. The summed E-state index contributed by atoms with van der Waals surface area (Å²) in [5, 5.41) is 0. The average molecular weight is 150 g/mol. The second-order valence-corrected chi connectivity index (χ2v) is 4.90. The van der Waals surface area contributed by atoms with Crippen LogP contribution in [0.4, 0.5) is 0 Å². The van der Waals surface area contributed by atoms with E-state index in [0.717, 1.165) is 11.5 Å². The Morgan fingerprint density at radius 3 is 3.10 bits per heavy atom. The molecule has 2 aliphatic carbocycles. The number of fused-ring (bicyclic) bond motifs is 1. The normalized spacial score (nSPS) is 37.8. The van der Waals surface area contributed by atoms with Crippen LogP contribution in [0.1, 0.15) is 19.3 Å². The minimum Gasteiger partial charge on any atom is -0.0839 e. The monoisotopic (exact) mass is 150 g/mol. The lowest BCUT2D eigenvalue weighted by Gasteiger charge is -2.14. The Morgan fingerprint density at radius 1 is 1.40 bits per heavy atom. The molecule has 0 aromatic heterocycles. The fourth-order valence-corrected chi connectivity index (χ4v) is 3.16. The Hall–Kier alpha value is -0.303. The first-order chi connectivity index (χ1) is 4.88. The molecule has 1 saturated carbocycles. The first-order valence-electron chi connectivity index (χ1n) is 4.24. The fourth-order valence-electron chi connectivity index (χ4n) is 2.16. The molecule has 0 aromatic carbocycles. The molecular formula is C9H14Si. The van der Waals surface area contributed by atoms with Crippen molar-refractivity contribution < 1.29 is 0 Å². The zero-order valence-electron chi connectivity index (χ0n) is 6.51. The van der Waals surface area contributed by atoms with Gasteiger partial charge in [0.1, 0.15) is 0 Å². The molecule has 1 fully saturated rings. The summed E-state index contributed by atoms with van der Waals surface area (Å²) in [6.45, 7) is 0. The molecule has 0 nitrogen and oxygen atoms in total. The number of allylic oxidation sites excluding steroid dienone is 4. The summed E-state index contributed by atoms with van der Waals surface area (Å²) in [6, 6.07) is 0. The van der Waals surface area contributed by atoms with Gasteiger partial charge < -0.3 is 0 Å². The van der Waals surface area contributed by atoms with E-state index in [9.17, 15) is 0 Å². The van der Waals surface area contributed by atoms with Crippen LogP contribution in [-0.2, 0) is 0 Å². The van der Waals surface area contributed by atoms with E-state index in [4.69, 9.17) is 0 Å². The van der Waals surface area contributed by atoms with E-state index in [1.54, 1.807) is 5.57 Å². The van der Waals surface area contributed by atoms with Gasteiger partial charge in [-0.25, -0.2) is 0 Å². The van der Waals surface area contributed by atoms with Gasteiger partial charge in [-0.15, -0.1) is 0 Å². The smallest absolute Gasteiger partial charge is 0.0119 e. The Labute approximate surface area is 65.4 Å². The second-order valence-electron chi connectivity index (χ2n) is 3.51. The van der Waals surface area contributed by atoms with E-state index in [1.807, 2.05) is 0 Å². The van der Waals surface area contributed by atoms with E-state index < -0.39 is 0 Å². The maximum atomic E-state index is 2.36. The quantitative estimate of drug-likeness (QED) is 0.458. The third-order valence-electron chi connectivity index (χ3n) is 2.83. The summed E-state index contributed by atoms with van der Waals surface area (Å²) < 4.78 is 0. The molecule has 0 N–H and O–H groups in total. The summed E-state index contributed by atoms with van der Waals surface area (Å²) in [4.78, 5) is 0. The molecule has 0 spiro atoms. The molecule has 0 aliphatic heterocycles. The summed E-state index contributed by atoms with van der Waals surface area (Å²) in [5.41, 5.74) is 2.78. The second kappa shape index (κ2) is 2.39. The number of rotatable bonds is 0. The lowest BCUT2D eigenvalue weighted by atomic mass is 9.95. The first kappa shape index (κ1) is 6.41. The predicted octanol–water partition coefficient (Wildman–Crippen LogP) is 1.44. The highest BCUT2D eigenvalue weighted by molar-refractivity contribution is 6.14. The van der Waals surface area contributed by atoms with Gasteiger partial charge in [-0.3, -0.25) is 0 Å². The molecule has 0 heterocycles.